The molecule has 0 N–H and O–H groups in total. The summed E-state index contributed by atoms with van der Waals surface area (Å²) in [6.45, 7) is 4.45. The molecule has 1 radical (unpaired) electrons. The predicted molar refractivity (Wildman–Crippen MR) is 52.9 cm³/mol. The van der Waals surface area contributed by atoms with Gasteiger partial charge in [-0.05, 0) is 12.3 Å². The summed E-state index contributed by atoms with van der Waals surface area (Å²) in [7, 11) is 0. The van der Waals surface area contributed by atoms with Gasteiger partial charge in [-0.1, -0.05) is 46.0 Å². The number of rotatable bonds is 8. The van der Waals surface area contributed by atoms with Gasteiger partial charge in [-0.2, -0.15) is 0 Å². The fourth-order valence-corrected chi connectivity index (χ4v) is 1.37. The molecule has 0 aliphatic carbocycles. The maximum absolute atomic E-state index is 9.96. The van der Waals surface area contributed by atoms with Crippen LogP contribution in [0.1, 0.15) is 58.8 Å². The van der Waals surface area contributed by atoms with E-state index in [-0.39, 0.29) is 0 Å². The zero-order valence-electron chi connectivity index (χ0n) is 8.44. The van der Waals surface area contributed by atoms with Crippen LogP contribution in [-0.2, 0) is 4.79 Å². The summed E-state index contributed by atoms with van der Waals surface area (Å²) in [4.78, 5) is 9.96. The minimum absolute atomic E-state index is 0.620. The van der Waals surface area contributed by atoms with Crippen molar-refractivity contribution < 1.29 is 4.79 Å². The quantitative estimate of drug-likeness (QED) is 0.508. The zero-order chi connectivity index (χ0) is 9.23. The monoisotopic (exact) mass is 169 g/mol. The van der Waals surface area contributed by atoms with E-state index in [0.29, 0.717) is 12.3 Å². The summed E-state index contributed by atoms with van der Waals surface area (Å²) >= 11 is 0. The van der Waals surface area contributed by atoms with Crippen molar-refractivity contribution in [3.05, 3.63) is 0 Å². The van der Waals surface area contributed by atoms with Gasteiger partial charge in [0.2, 0.25) is 0 Å². The van der Waals surface area contributed by atoms with E-state index in [9.17, 15) is 4.79 Å². The van der Waals surface area contributed by atoms with Crippen molar-refractivity contribution in [1.82, 2.24) is 0 Å². The Bertz CT molecular complexity index is 99.2. The van der Waals surface area contributed by atoms with Crippen molar-refractivity contribution in [3.63, 3.8) is 0 Å². The molecule has 0 aliphatic heterocycles. The van der Waals surface area contributed by atoms with Crippen molar-refractivity contribution in [2.75, 3.05) is 0 Å². The molecule has 0 spiro atoms. The van der Waals surface area contributed by atoms with E-state index in [1.807, 2.05) is 6.29 Å². The van der Waals surface area contributed by atoms with Crippen LogP contribution in [0.5, 0.6) is 0 Å². The second-order valence-corrected chi connectivity index (χ2v) is 3.64. The first-order valence-corrected chi connectivity index (χ1v) is 5.16. The first kappa shape index (κ1) is 11.7. The summed E-state index contributed by atoms with van der Waals surface area (Å²) in [5.41, 5.74) is 0. The van der Waals surface area contributed by atoms with Crippen LogP contribution < -0.4 is 0 Å². The average Bonchev–Trinajstić information content (AvgIpc) is 2.09. The van der Waals surface area contributed by atoms with Crippen molar-refractivity contribution in [3.8, 4) is 0 Å². The van der Waals surface area contributed by atoms with Crippen molar-refractivity contribution in [2.24, 2.45) is 5.92 Å². The Hall–Kier alpha value is -0.330. The summed E-state index contributed by atoms with van der Waals surface area (Å²) in [5.74, 6) is 0.711. The molecule has 0 saturated heterocycles. The summed E-state index contributed by atoms with van der Waals surface area (Å²) in [5, 5.41) is 0. The molecule has 71 valence electrons. The van der Waals surface area contributed by atoms with Gasteiger partial charge in [-0.25, -0.2) is 0 Å². The molecular weight excluding hydrogens is 148 g/mol. The highest BCUT2D eigenvalue weighted by atomic mass is 16.1. The molecule has 1 heteroatoms. The lowest BCUT2D eigenvalue weighted by molar-refractivity contribution is 0.459. The fraction of sp³-hybridized carbons (Fsp3) is 0.909. The molecule has 12 heavy (non-hydrogen) atoms. The topological polar surface area (TPSA) is 17.1 Å². The Morgan fingerprint density at radius 3 is 2.50 bits per heavy atom. The van der Waals surface area contributed by atoms with Crippen LogP contribution in [0.4, 0.5) is 0 Å². The highest BCUT2D eigenvalue weighted by molar-refractivity contribution is 5.50. The van der Waals surface area contributed by atoms with Crippen LogP contribution >= 0.6 is 0 Å². The molecule has 0 bridgehead atoms. The van der Waals surface area contributed by atoms with Crippen LogP contribution in [0, 0.1) is 5.92 Å². The molecule has 1 unspecified atom stereocenters. The molecule has 1 atom stereocenters. The second-order valence-electron chi connectivity index (χ2n) is 3.64. The van der Waals surface area contributed by atoms with Gasteiger partial charge < -0.3 is 0 Å². The van der Waals surface area contributed by atoms with Gasteiger partial charge >= 0.3 is 0 Å². The lowest BCUT2D eigenvalue weighted by atomic mass is 9.98. The molecular formula is C11H21O. The van der Waals surface area contributed by atoms with Crippen LogP contribution in [0.25, 0.3) is 0 Å². The number of hydrogen-bond acceptors (Lipinski definition) is 1. The van der Waals surface area contributed by atoms with E-state index < -0.39 is 0 Å². The summed E-state index contributed by atoms with van der Waals surface area (Å²) in [6.07, 6.45) is 10.2. The Morgan fingerprint density at radius 1 is 1.17 bits per heavy atom. The number of carbonyl (C=O) groups excluding carboxylic acids is 1. The Kier molecular flexibility index (Phi) is 8.52. The lowest BCUT2D eigenvalue weighted by Crippen LogP contribution is -1.94. The van der Waals surface area contributed by atoms with E-state index in [1.54, 1.807) is 0 Å². The van der Waals surface area contributed by atoms with E-state index >= 15 is 0 Å². The van der Waals surface area contributed by atoms with Gasteiger partial charge in [0.1, 0.15) is 0 Å². The largest absolute Gasteiger partial charge is 0.291 e. The third kappa shape index (κ3) is 7.77. The molecule has 0 aromatic carbocycles. The van der Waals surface area contributed by atoms with E-state index in [0.717, 1.165) is 6.42 Å². The number of unbranched alkanes of at least 4 members (excludes halogenated alkanes) is 3. The van der Waals surface area contributed by atoms with Crippen LogP contribution in [0.15, 0.2) is 0 Å². The maximum atomic E-state index is 9.96. The van der Waals surface area contributed by atoms with Crippen LogP contribution in [-0.4, -0.2) is 6.29 Å². The Morgan fingerprint density at radius 2 is 1.92 bits per heavy atom. The van der Waals surface area contributed by atoms with Gasteiger partial charge in [0.05, 0.1) is 0 Å². The highest BCUT2D eigenvalue weighted by Crippen LogP contribution is 2.14. The Balaban J connectivity index is 3.07. The highest BCUT2D eigenvalue weighted by Gasteiger charge is 2.00. The second kappa shape index (κ2) is 8.76. The average molecular weight is 169 g/mol. The van der Waals surface area contributed by atoms with Crippen LogP contribution in [0.3, 0.4) is 0 Å². The fourth-order valence-electron chi connectivity index (χ4n) is 1.37. The molecule has 0 amide bonds. The molecule has 0 aromatic rings. The van der Waals surface area contributed by atoms with E-state index in [4.69, 9.17) is 0 Å². The van der Waals surface area contributed by atoms with Crippen molar-refractivity contribution in [2.45, 2.75) is 58.8 Å². The minimum atomic E-state index is 0.620. The molecule has 0 aliphatic rings. The van der Waals surface area contributed by atoms with Crippen molar-refractivity contribution in [1.29, 1.82) is 0 Å². The first-order chi connectivity index (χ1) is 5.81. The van der Waals surface area contributed by atoms with Crippen molar-refractivity contribution >= 4 is 6.29 Å². The molecule has 0 fully saturated rings. The van der Waals surface area contributed by atoms with Gasteiger partial charge in [-0.3, -0.25) is 4.79 Å². The van der Waals surface area contributed by atoms with Crippen LogP contribution in [0.2, 0.25) is 0 Å². The van der Waals surface area contributed by atoms with Gasteiger partial charge in [0.25, 0.3) is 0 Å². The van der Waals surface area contributed by atoms with Gasteiger partial charge in [-0.15, -0.1) is 0 Å². The first-order valence-electron chi connectivity index (χ1n) is 5.16. The van der Waals surface area contributed by atoms with E-state index in [1.165, 1.54) is 32.1 Å². The maximum Gasteiger partial charge on any atom is 0.198 e. The third-order valence-corrected chi connectivity index (χ3v) is 2.29. The summed E-state index contributed by atoms with van der Waals surface area (Å²) in [6, 6.07) is 0. The van der Waals surface area contributed by atoms with Gasteiger partial charge in [0.15, 0.2) is 6.29 Å². The SMILES string of the molecule is CCCCCCC(C)CC[C]=O. The molecule has 1 nitrogen and oxygen atoms in total. The predicted octanol–water partition coefficient (Wildman–Crippen LogP) is 3.48. The normalized spacial score (nSPS) is 12.8. The lowest BCUT2D eigenvalue weighted by Gasteiger charge is -2.07. The summed E-state index contributed by atoms with van der Waals surface area (Å²) < 4.78 is 0. The molecule has 0 rings (SSSR count). The molecule has 0 heterocycles. The molecule has 0 saturated carbocycles. The standard InChI is InChI=1S/C11H21O/c1-3-4-5-6-8-11(2)9-7-10-12/h11H,3-9H2,1-2H3. The molecule has 0 aromatic heterocycles. The zero-order valence-corrected chi connectivity index (χ0v) is 8.44. The number of hydrogen-bond donors (Lipinski definition) is 0. The van der Waals surface area contributed by atoms with E-state index in [2.05, 4.69) is 13.8 Å². The third-order valence-electron chi connectivity index (χ3n) is 2.29. The van der Waals surface area contributed by atoms with Gasteiger partial charge in [0, 0.05) is 6.42 Å². The Labute approximate surface area is 76.6 Å². The minimum Gasteiger partial charge on any atom is -0.291 e. The smallest absolute Gasteiger partial charge is 0.198 e.